The fraction of sp³-hybridized carbons (Fsp3) is 0.875. The molecule has 1 saturated heterocycles. The predicted molar refractivity (Wildman–Crippen MR) is 51.7 cm³/mol. The zero-order valence-corrected chi connectivity index (χ0v) is 8.02. The molecule has 1 heterocycles. The molecule has 0 radical (unpaired) electrons. The molecular formula is C8H16BNO4. The summed E-state index contributed by atoms with van der Waals surface area (Å²) in [6.07, 6.45) is 1.61. The van der Waals surface area contributed by atoms with Crippen LogP contribution >= 0.6 is 0 Å². The molecule has 0 bridgehead atoms. The van der Waals surface area contributed by atoms with Gasteiger partial charge in [0.1, 0.15) is 0 Å². The summed E-state index contributed by atoms with van der Waals surface area (Å²) in [5.41, 5.74) is 0. The molecular weight excluding hydrogens is 185 g/mol. The summed E-state index contributed by atoms with van der Waals surface area (Å²) in [5, 5.41) is 29.2. The maximum absolute atomic E-state index is 10.7. The number of nitrogens with one attached hydrogen (secondary N) is 1. The number of hydrogen-bond acceptors (Lipinski definition) is 4. The lowest BCUT2D eigenvalue weighted by molar-refractivity contribution is -0.142. The molecule has 0 unspecified atom stereocenters. The first-order valence-corrected chi connectivity index (χ1v) is 4.89. The molecule has 6 heteroatoms. The van der Waals surface area contributed by atoms with Gasteiger partial charge in [0.15, 0.2) is 0 Å². The van der Waals surface area contributed by atoms with Gasteiger partial charge in [-0.3, -0.25) is 4.79 Å². The Morgan fingerprint density at radius 2 is 2.14 bits per heavy atom. The molecule has 0 amide bonds. The molecule has 1 aliphatic heterocycles. The number of aliphatic carboxylic acids is 1. The Balaban J connectivity index is 2.29. The number of hydrogen-bond donors (Lipinski definition) is 4. The Bertz CT molecular complexity index is 200. The minimum Gasteiger partial charge on any atom is -0.481 e. The van der Waals surface area contributed by atoms with E-state index in [9.17, 15) is 4.79 Å². The SMILES string of the molecule is O=C(O)[C@@H]1CNC[C@@H](CCB(O)O)C1. The van der Waals surface area contributed by atoms with E-state index in [1.54, 1.807) is 0 Å². The van der Waals surface area contributed by atoms with Crippen LogP contribution in [0.25, 0.3) is 0 Å². The highest BCUT2D eigenvalue weighted by Gasteiger charge is 2.27. The van der Waals surface area contributed by atoms with E-state index in [2.05, 4.69) is 5.32 Å². The van der Waals surface area contributed by atoms with Crippen molar-refractivity contribution in [2.45, 2.75) is 19.2 Å². The maximum atomic E-state index is 10.7. The van der Waals surface area contributed by atoms with Crippen LogP contribution in [0.15, 0.2) is 0 Å². The van der Waals surface area contributed by atoms with Crippen molar-refractivity contribution in [1.29, 1.82) is 0 Å². The molecule has 1 aliphatic rings. The Morgan fingerprint density at radius 1 is 1.43 bits per heavy atom. The molecule has 2 atom stereocenters. The molecule has 1 fully saturated rings. The van der Waals surface area contributed by atoms with Crippen molar-refractivity contribution in [2.75, 3.05) is 13.1 Å². The molecule has 80 valence electrons. The van der Waals surface area contributed by atoms with Crippen molar-refractivity contribution < 1.29 is 19.9 Å². The minimum absolute atomic E-state index is 0.242. The van der Waals surface area contributed by atoms with Gasteiger partial charge in [0.2, 0.25) is 0 Å². The van der Waals surface area contributed by atoms with Gasteiger partial charge in [-0.05, 0) is 25.2 Å². The van der Waals surface area contributed by atoms with Crippen molar-refractivity contribution in [3.8, 4) is 0 Å². The van der Waals surface area contributed by atoms with E-state index < -0.39 is 13.1 Å². The Hall–Kier alpha value is -0.585. The predicted octanol–water partition coefficient (Wildman–Crippen LogP) is -0.840. The van der Waals surface area contributed by atoms with Gasteiger partial charge in [0.25, 0.3) is 0 Å². The summed E-state index contributed by atoms with van der Waals surface area (Å²) < 4.78 is 0. The monoisotopic (exact) mass is 201 g/mol. The van der Waals surface area contributed by atoms with E-state index in [4.69, 9.17) is 15.2 Å². The summed E-state index contributed by atoms with van der Waals surface area (Å²) in [5.74, 6) is -0.858. The third-order valence-electron chi connectivity index (χ3n) is 2.62. The topological polar surface area (TPSA) is 89.8 Å². The molecule has 0 aromatic carbocycles. The minimum atomic E-state index is -1.28. The van der Waals surface area contributed by atoms with Gasteiger partial charge in [-0.15, -0.1) is 0 Å². The second-order valence-electron chi connectivity index (χ2n) is 3.85. The second-order valence-corrected chi connectivity index (χ2v) is 3.85. The Kier molecular flexibility index (Phi) is 4.38. The second kappa shape index (κ2) is 5.33. The third kappa shape index (κ3) is 3.65. The normalized spacial score (nSPS) is 27.3. The number of carboxylic acids is 1. The third-order valence-corrected chi connectivity index (χ3v) is 2.62. The van der Waals surface area contributed by atoms with E-state index in [1.807, 2.05) is 0 Å². The fourth-order valence-corrected chi connectivity index (χ4v) is 1.82. The van der Waals surface area contributed by atoms with Crippen LogP contribution in [0, 0.1) is 11.8 Å². The van der Waals surface area contributed by atoms with Crippen molar-refractivity contribution in [2.24, 2.45) is 11.8 Å². The highest BCUT2D eigenvalue weighted by Crippen LogP contribution is 2.21. The van der Waals surface area contributed by atoms with Crippen LogP contribution in [-0.4, -0.2) is 41.3 Å². The first kappa shape index (κ1) is 11.5. The van der Waals surface area contributed by atoms with E-state index in [1.165, 1.54) is 0 Å². The van der Waals surface area contributed by atoms with Gasteiger partial charge in [-0.1, -0.05) is 6.42 Å². The van der Waals surface area contributed by atoms with Crippen LogP contribution in [0.1, 0.15) is 12.8 Å². The molecule has 14 heavy (non-hydrogen) atoms. The number of carbonyl (C=O) groups is 1. The quantitative estimate of drug-likeness (QED) is 0.445. The van der Waals surface area contributed by atoms with Crippen LogP contribution in [0.4, 0.5) is 0 Å². The van der Waals surface area contributed by atoms with E-state index >= 15 is 0 Å². The van der Waals surface area contributed by atoms with Crippen molar-refractivity contribution in [1.82, 2.24) is 5.32 Å². The molecule has 0 aromatic heterocycles. The average Bonchev–Trinajstić information content (AvgIpc) is 2.15. The first-order valence-electron chi connectivity index (χ1n) is 4.89. The zero-order valence-electron chi connectivity index (χ0n) is 8.02. The molecule has 0 aliphatic carbocycles. The number of piperidine rings is 1. The summed E-state index contributed by atoms with van der Waals surface area (Å²) in [6, 6.07) is 0. The van der Waals surface area contributed by atoms with Crippen LogP contribution in [0.5, 0.6) is 0 Å². The van der Waals surface area contributed by atoms with Crippen LogP contribution < -0.4 is 5.32 Å². The maximum Gasteiger partial charge on any atom is 0.451 e. The highest BCUT2D eigenvalue weighted by molar-refractivity contribution is 6.40. The standard InChI is InChI=1S/C8H16BNO4/c11-8(12)7-3-6(4-10-5-7)1-2-9(13)14/h6-7,10,13-14H,1-5H2,(H,11,12)/t6-,7-/m0/s1. The van der Waals surface area contributed by atoms with Gasteiger partial charge < -0.3 is 20.5 Å². The average molecular weight is 201 g/mol. The van der Waals surface area contributed by atoms with Gasteiger partial charge in [0.05, 0.1) is 5.92 Å². The Morgan fingerprint density at radius 3 is 2.71 bits per heavy atom. The summed E-state index contributed by atoms with van der Waals surface area (Å²) >= 11 is 0. The van der Waals surface area contributed by atoms with E-state index in [0.29, 0.717) is 25.7 Å². The van der Waals surface area contributed by atoms with Crippen molar-refractivity contribution in [3.05, 3.63) is 0 Å². The van der Waals surface area contributed by atoms with Crippen molar-refractivity contribution in [3.63, 3.8) is 0 Å². The number of carboxylic acid groups (broad SMARTS) is 1. The lowest BCUT2D eigenvalue weighted by atomic mass is 9.78. The van der Waals surface area contributed by atoms with E-state index in [-0.39, 0.29) is 11.8 Å². The summed E-state index contributed by atoms with van der Waals surface area (Å²) in [7, 11) is -1.28. The number of rotatable bonds is 4. The molecule has 1 rings (SSSR count). The van der Waals surface area contributed by atoms with Crippen LogP contribution in [0.2, 0.25) is 6.32 Å². The first-order chi connectivity index (χ1) is 6.59. The smallest absolute Gasteiger partial charge is 0.451 e. The molecule has 0 saturated carbocycles. The highest BCUT2D eigenvalue weighted by atomic mass is 16.4. The molecule has 5 nitrogen and oxygen atoms in total. The lowest BCUT2D eigenvalue weighted by Crippen LogP contribution is -2.40. The summed E-state index contributed by atoms with van der Waals surface area (Å²) in [6.45, 7) is 1.30. The van der Waals surface area contributed by atoms with Gasteiger partial charge >= 0.3 is 13.1 Å². The van der Waals surface area contributed by atoms with Gasteiger partial charge in [0, 0.05) is 6.54 Å². The summed E-state index contributed by atoms with van der Waals surface area (Å²) in [4.78, 5) is 10.7. The van der Waals surface area contributed by atoms with Gasteiger partial charge in [-0.25, -0.2) is 0 Å². The van der Waals surface area contributed by atoms with E-state index in [0.717, 1.165) is 6.54 Å². The Labute approximate surface area is 83.3 Å². The van der Waals surface area contributed by atoms with Crippen molar-refractivity contribution >= 4 is 13.1 Å². The molecule has 4 N–H and O–H groups in total. The fourth-order valence-electron chi connectivity index (χ4n) is 1.82. The van der Waals surface area contributed by atoms with Crippen LogP contribution in [0.3, 0.4) is 0 Å². The van der Waals surface area contributed by atoms with Gasteiger partial charge in [-0.2, -0.15) is 0 Å². The van der Waals surface area contributed by atoms with Crippen LogP contribution in [-0.2, 0) is 4.79 Å². The molecule has 0 aromatic rings. The lowest BCUT2D eigenvalue weighted by Gasteiger charge is -2.27. The molecule has 0 spiro atoms. The largest absolute Gasteiger partial charge is 0.481 e. The zero-order chi connectivity index (χ0) is 10.6.